The summed E-state index contributed by atoms with van der Waals surface area (Å²) in [6, 6.07) is 10.9. The average molecular weight is 398 g/mol. The van der Waals surface area contributed by atoms with Gasteiger partial charge in [0, 0.05) is 29.6 Å². The van der Waals surface area contributed by atoms with Crippen LogP contribution >= 0.6 is 0 Å². The molecule has 146 valence electrons. The van der Waals surface area contributed by atoms with Crippen LogP contribution < -0.4 is 0 Å². The first-order chi connectivity index (χ1) is 13.4. The molecule has 1 aromatic heterocycles. The molecule has 4 rings (SSSR count). The van der Waals surface area contributed by atoms with Gasteiger partial charge < -0.3 is 9.72 Å². The first-order valence-corrected chi connectivity index (χ1v) is 10.6. The van der Waals surface area contributed by atoms with Crippen molar-refractivity contribution in [2.45, 2.75) is 18.7 Å². The molecule has 28 heavy (non-hydrogen) atoms. The number of ether oxygens (including phenoxy) is 1. The van der Waals surface area contributed by atoms with Crippen LogP contribution in [0.25, 0.3) is 22.2 Å². The van der Waals surface area contributed by atoms with E-state index in [9.17, 15) is 13.2 Å². The zero-order valence-electron chi connectivity index (χ0n) is 15.9. The molecule has 2 aromatic carbocycles. The molecule has 0 unspecified atom stereocenters. The number of nitrogens with zero attached hydrogens (tertiary/aromatic N) is 1. The van der Waals surface area contributed by atoms with E-state index in [2.05, 4.69) is 4.98 Å². The summed E-state index contributed by atoms with van der Waals surface area (Å²) >= 11 is 0. The molecule has 6 nitrogen and oxygen atoms in total. The Hall–Kier alpha value is -2.48. The second-order valence-corrected chi connectivity index (χ2v) is 8.99. The number of carbonyl (C=O) groups excluding carboxylic acids is 1. The van der Waals surface area contributed by atoms with Crippen LogP contribution in [0, 0.1) is 13.8 Å². The maximum Gasteiger partial charge on any atom is 0.243 e. The van der Waals surface area contributed by atoms with Crippen LogP contribution in [0.3, 0.4) is 0 Å². The Morgan fingerprint density at radius 1 is 1.04 bits per heavy atom. The summed E-state index contributed by atoms with van der Waals surface area (Å²) in [5.41, 5.74) is 5.11. The van der Waals surface area contributed by atoms with Crippen molar-refractivity contribution < 1.29 is 17.9 Å². The zero-order chi connectivity index (χ0) is 19.9. The number of nitrogens with one attached hydrogen (secondary N) is 1. The van der Waals surface area contributed by atoms with Crippen LogP contribution in [0.4, 0.5) is 0 Å². The minimum atomic E-state index is -3.62. The van der Waals surface area contributed by atoms with Gasteiger partial charge in [-0.15, -0.1) is 0 Å². The highest BCUT2D eigenvalue weighted by molar-refractivity contribution is 7.89. The van der Waals surface area contributed by atoms with E-state index in [1.54, 1.807) is 18.2 Å². The molecule has 0 spiro atoms. The number of fused-ring (bicyclic) bond motifs is 1. The first-order valence-electron chi connectivity index (χ1n) is 9.18. The van der Waals surface area contributed by atoms with Gasteiger partial charge in [-0.25, -0.2) is 8.42 Å². The number of aromatic nitrogens is 1. The number of benzene rings is 2. The molecule has 0 aliphatic carbocycles. The summed E-state index contributed by atoms with van der Waals surface area (Å²) in [6.07, 6.45) is 0.786. The minimum absolute atomic E-state index is 0.190. The molecule has 2 heterocycles. The molecular formula is C21H22N2O4S. The van der Waals surface area contributed by atoms with Gasteiger partial charge in [0.15, 0.2) is 6.29 Å². The highest BCUT2D eigenvalue weighted by atomic mass is 32.2. The smallest absolute Gasteiger partial charge is 0.243 e. The van der Waals surface area contributed by atoms with Crippen LogP contribution in [0.1, 0.15) is 21.5 Å². The monoisotopic (exact) mass is 398 g/mol. The Labute approximate surface area is 164 Å². The predicted molar refractivity (Wildman–Crippen MR) is 108 cm³/mol. The van der Waals surface area contributed by atoms with E-state index in [-0.39, 0.29) is 4.90 Å². The molecule has 1 aliphatic rings. The number of H-pyrrole nitrogens is 1. The topological polar surface area (TPSA) is 79.5 Å². The second-order valence-electron chi connectivity index (χ2n) is 7.05. The van der Waals surface area contributed by atoms with Crippen molar-refractivity contribution >= 4 is 27.2 Å². The zero-order valence-corrected chi connectivity index (χ0v) is 16.7. The highest BCUT2D eigenvalue weighted by Crippen LogP contribution is 2.32. The lowest BCUT2D eigenvalue weighted by Gasteiger charge is -2.26. The Balaban J connectivity index is 1.84. The van der Waals surface area contributed by atoms with Crippen molar-refractivity contribution in [3.8, 4) is 11.3 Å². The van der Waals surface area contributed by atoms with Crippen molar-refractivity contribution in [1.82, 2.24) is 9.29 Å². The van der Waals surface area contributed by atoms with E-state index in [1.165, 1.54) is 9.87 Å². The Morgan fingerprint density at radius 2 is 1.79 bits per heavy atom. The van der Waals surface area contributed by atoms with Gasteiger partial charge in [-0.1, -0.05) is 12.1 Å². The standard InChI is InChI=1S/C21H22N2O4S/c1-14-3-4-16(11-15(14)2)21-19(13-24)18-12-17(5-6-20(18)22-21)28(25,26)23-7-9-27-10-8-23/h3-6,11-13,22H,7-10H2,1-2H3. The molecule has 0 bridgehead atoms. The molecular weight excluding hydrogens is 376 g/mol. The number of sulfonamides is 1. The number of hydrogen-bond acceptors (Lipinski definition) is 4. The summed E-state index contributed by atoms with van der Waals surface area (Å²) in [5.74, 6) is 0. The number of hydrogen-bond donors (Lipinski definition) is 1. The maximum atomic E-state index is 13.0. The van der Waals surface area contributed by atoms with Gasteiger partial charge >= 0.3 is 0 Å². The van der Waals surface area contributed by atoms with E-state index in [4.69, 9.17) is 4.74 Å². The number of morpholine rings is 1. The van der Waals surface area contributed by atoms with E-state index < -0.39 is 10.0 Å². The molecule has 3 aromatic rings. The van der Waals surface area contributed by atoms with Gasteiger partial charge in [-0.2, -0.15) is 4.31 Å². The van der Waals surface area contributed by atoms with Gasteiger partial charge in [0.05, 0.1) is 23.8 Å². The lowest BCUT2D eigenvalue weighted by Crippen LogP contribution is -2.40. The maximum absolute atomic E-state index is 13.0. The van der Waals surface area contributed by atoms with Gasteiger partial charge in [0.25, 0.3) is 0 Å². The van der Waals surface area contributed by atoms with E-state index >= 15 is 0 Å². The number of aryl methyl sites for hydroxylation is 2. The SMILES string of the molecule is Cc1ccc(-c2[nH]c3ccc(S(=O)(=O)N4CCOCC4)cc3c2C=O)cc1C. The van der Waals surface area contributed by atoms with E-state index in [0.717, 1.165) is 22.9 Å². The Kier molecular flexibility index (Phi) is 4.82. The summed E-state index contributed by atoms with van der Waals surface area (Å²) in [6.45, 7) is 5.51. The van der Waals surface area contributed by atoms with Crippen molar-refractivity contribution in [2.24, 2.45) is 0 Å². The molecule has 1 N–H and O–H groups in total. The fourth-order valence-corrected chi connectivity index (χ4v) is 4.97. The molecule has 7 heteroatoms. The van der Waals surface area contributed by atoms with Crippen LogP contribution in [-0.4, -0.2) is 50.3 Å². The molecule has 0 amide bonds. The predicted octanol–water partition coefficient (Wildman–Crippen LogP) is 3.29. The molecule has 1 aliphatic heterocycles. The fourth-order valence-electron chi connectivity index (χ4n) is 3.54. The number of rotatable bonds is 4. The van der Waals surface area contributed by atoms with Gasteiger partial charge in [-0.3, -0.25) is 4.79 Å². The van der Waals surface area contributed by atoms with Crippen LogP contribution in [0.15, 0.2) is 41.3 Å². The third kappa shape index (κ3) is 3.15. The summed E-state index contributed by atoms with van der Waals surface area (Å²) in [4.78, 5) is 15.4. The highest BCUT2D eigenvalue weighted by Gasteiger charge is 2.27. The molecule has 0 atom stereocenters. The van der Waals surface area contributed by atoms with Gasteiger partial charge in [0.2, 0.25) is 10.0 Å². The van der Waals surface area contributed by atoms with Gasteiger partial charge in [0.1, 0.15) is 0 Å². The molecule has 0 saturated carbocycles. The quantitative estimate of drug-likeness (QED) is 0.684. The van der Waals surface area contributed by atoms with Crippen LogP contribution in [0.2, 0.25) is 0 Å². The molecule has 0 radical (unpaired) electrons. The van der Waals surface area contributed by atoms with E-state index in [1.807, 2.05) is 32.0 Å². The van der Waals surface area contributed by atoms with Crippen molar-refractivity contribution in [2.75, 3.05) is 26.3 Å². The van der Waals surface area contributed by atoms with Crippen molar-refractivity contribution in [3.05, 3.63) is 53.1 Å². The summed E-state index contributed by atoms with van der Waals surface area (Å²) < 4.78 is 32.6. The Morgan fingerprint density at radius 3 is 2.46 bits per heavy atom. The second kappa shape index (κ2) is 7.16. The van der Waals surface area contributed by atoms with Crippen molar-refractivity contribution in [1.29, 1.82) is 0 Å². The summed E-state index contributed by atoms with van der Waals surface area (Å²) in [5, 5.41) is 0.609. The number of aromatic amines is 1. The minimum Gasteiger partial charge on any atom is -0.379 e. The normalized spacial score (nSPS) is 15.8. The molecule has 1 fully saturated rings. The van der Waals surface area contributed by atoms with Gasteiger partial charge in [-0.05, 0) is 54.8 Å². The number of aldehydes is 1. The average Bonchev–Trinajstić information content (AvgIpc) is 3.08. The number of carbonyl (C=O) groups is 1. The van der Waals surface area contributed by atoms with Crippen LogP contribution in [0.5, 0.6) is 0 Å². The lowest BCUT2D eigenvalue weighted by atomic mass is 10.0. The lowest BCUT2D eigenvalue weighted by molar-refractivity contribution is 0.0730. The Bertz CT molecular complexity index is 1160. The van der Waals surface area contributed by atoms with Crippen molar-refractivity contribution in [3.63, 3.8) is 0 Å². The largest absolute Gasteiger partial charge is 0.379 e. The molecule has 1 saturated heterocycles. The first kappa shape index (κ1) is 18.9. The van der Waals surface area contributed by atoms with E-state index in [0.29, 0.717) is 42.9 Å². The third-order valence-electron chi connectivity index (χ3n) is 5.33. The third-order valence-corrected chi connectivity index (χ3v) is 7.23. The van der Waals surface area contributed by atoms with Crippen LogP contribution in [-0.2, 0) is 14.8 Å². The fraction of sp³-hybridized carbons (Fsp3) is 0.286. The summed E-state index contributed by atoms with van der Waals surface area (Å²) in [7, 11) is -3.62.